The van der Waals surface area contributed by atoms with Gasteiger partial charge in [-0.25, -0.2) is 4.98 Å². The first-order valence-corrected chi connectivity index (χ1v) is 4.21. The molecule has 1 aromatic heterocycles. The molecule has 0 bridgehead atoms. The van der Waals surface area contributed by atoms with E-state index in [4.69, 9.17) is 0 Å². The molecule has 0 atom stereocenters. The number of hydrogen-bond donors (Lipinski definition) is 0. The minimum absolute atomic E-state index is 0.310. The first-order valence-electron chi connectivity index (χ1n) is 4.21. The molecular formula is C10H7F3N2. The van der Waals surface area contributed by atoms with Crippen LogP contribution in [-0.4, -0.2) is 9.55 Å². The number of benzene rings is 1. The molecule has 0 N–H and O–H groups in total. The van der Waals surface area contributed by atoms with E-state index in [1.165, 1.54) is 6.07 Å². The Labute approximate surface area is 83.7 Å². The number of rotatable bonds is 1. The zero-order valence-electron chi connectivity index (χ0n) is 7.62. The normalized spacial score (nSPS) is 11.9. The SMILES string of the molecule is C=Cn1c(C(F)(F)F)nc2ccccc21. The van der Waals surface area contributed by atoms with Gasteiger partial charge < -0.3 is 0 Å². The Balaban J connectivity index is 2.81. The molecule has 0 saturated carbocycles. The summed E-state index contributed by atoms with van der Waals surface area (Å²) < 4.78 is 38.6. The summed E-state index contributed by atoms with van der Waals surface area (Å²) in [5.74, 6) is -0.946. The molecule has 0 amide bonds. The Hall–Kier alpha value is -1.78. The first kappa shape index (κ1) is 9.76. The van der Waals surface area contributed by atoms with E-state index in [2.05, 4.69) is 11.6 Å². The van der Waals surface area contributed by atoms with E-state index in [-0.39, 0.29) is 0 Å². The number of para-hydroxylation sites is 2. The molecule has 0 fully saturated rings. The molecule has 0 radical (unpaired) electrons. The number of hydrogen-bond acceptors (Lipinski definition) is 1. The van der Waals surface area contributed by atoms with Crippen molar-refractivity contribution in [1.29, 1.82) is 0 Å². The molecule has 0 aliphatic carbocycles. The van der Waals surface area contributed by atoms with Crippen LogP contribution in [0.3, 0.4) is 0 Å². The maximum Gasteiger partial charge on any atom is 0.450 e. The Morgan fingerprint density at radius 2 is 1.93 bits per heavy atom. The standard InChI is InChI=1S/C10H7F3N2/c1-2-15-8-6-4-3-5-7(8)14-9(15)10(11,12)13/h2-6H,1H2. The van der Waals surface area contributed by atoms with Gasteiger partial charge in [0.2, 0.25) is 5.82 Å². The summed E-state index contributed by atoms with van der Waals surface area (Å²) in [6, 6.07) is 6.40. The van der Waals surface area contributed by atoms with Crippen molar-refractivity contribution in [3.8, 4) is 0 Å². The molecule has 15 heavy (non-hydrogen) atoms. The van der Waals surface area contributed by atoms with Crippen molar-refractivity contribution >= 4 is 17.2 Å². The van der Waals surface area contributed by atoms with Crippen LogP contribution >= 0.6 is 0 Å². The van der Waals surface area contributed by atoms with Crippen molar-refractivity contribution < 1.29 is 13.2 Å². The molecular weight excluding hydrogens is 205 g/mol. The van der Waals surface area contributed by atoms with Gasteiger partial charge in [0.15, 0.2) is 0 Å². The number of fused-ring (bicyclic) bond motifs is 1. The van der Waals surface area contributed by atoms with Crippen LogP contribution in [-0.2, 0) is 6.18 Å². The molecule has 78 valence electrons. The van der Waals surface area contributed by atoms with Crippen molar-refractivity contribution in [2.75, 3.05) is 0 Å². The number of nitrogens with zero attached hydrogens (tertiary/aromatic N) is 2. The van der Waals surface area contributed by atoms with Gasteiger partial charge in [-0.15, -0.1) is 0 Å². The topological polar surface area (TPSA) is 17.8 Å². The largest absolute Gasteiger partial charge is 0.450 e. The second-order valence-corrected chi connectivity index (χ2v) is 2.97. The fourth-order valence-electron chi connectivity index (χ4n) is 1.43. The van der Waals surface area contributed by atoms with E-state index < -0.39 is 12.0 Å². The quantitative estimate of drug-likeness (QED) is 0.709. The van der Waals surface area contributed by atoms with Gasteiger partial charge in [-0.3, -0.25) is 4.57 Å². The molecule has 0 spiro atoms. The van der Waals surface area contributed by atoms with E-state index in [0.29, 0.717) is 11.0 Å². The minimum Gasteiger partial charge on any atom is -0.296 e. The lowest BCUT2D eigenvalue weighted by Gasteiger charge is -2.05. The number of halogens is 3. The number of imidazole rings is 1. The summed E-state index contributed by atoms with van der Waals surface area (Å²) in [5, 5.41) is 0. The first-order chi connectivity index (χ1) is 7.04. The maximum absolute atomic E-state index is 12.5. The third-order valence-corrected chi connectivity index (χ3v) is 2.03. The highest BCUT2D eigenvalue weighted by Gasteiger charge is 2.36. The van der Waals surface area contributed by atoms with E-state index in [1.807, 2.05) is 0 Å². The summed E-state index contributed by atoms with van der Waals surface area (Å²) in [6.45, 7) is 3.35. The second-order valence-electron chi connectivity index (χ2n) is 2.97. The van der Waals surface area contributed by atoms with Crippen LogP contribution in [0.15, 0.2) is 30.8 Å². The highest BCUT2D eigenvalue weighted by molar-refractivity contribution is 5.78. The second kappa shape index (κ2) is 3.12. The van der Waals surface area contributed by atoms with Crippen LogP contribution in [0, 0.1) is 0 Å². The Morgan fingerprint density at radius 3 is 2.53 bits per heavy atom. The van der Waals surface area contributed by atoms with Crippen molar-refractivity contribution in [1.82, 2.24) is 9.55 Å². The van der Waals surface area contributed by atoms with Crippen LogP contribution in [0.5, 0.6) is 0 Å². The van der Waals surface area contributed by atoms with E-state index in [0.717, 1.165) is 10.8 Å². The lowest BCUT2D eigenvalue weighted by Crippen LogP contribution is -2.11. The van der Waals surface area contributed by atoms with Crippen LogP contribution in [0.4, 0.5) is 13.2 Å². The lowest BCUT2D eigenvalue weighted by atomic mass is 10.3. The molecule has 2 nitrogen and oxygen atoms in total. The van der Waals surface area contributed by atoms with Gasteiger partial charge in [-0.1, -0.05) is 18.7 Å². The summed E-state index contributed by atoms with van der Waals surface area (Å²) in [7, 11) is 0. The van der Waals surface area contributed by atoms with Crippen LogP contribution in [0.2, 0.25) is 0 Å². The molecule has 0 aliphatic heterocycles. The molecule has 1 heterocycles. The van der Waals surface area contributed by atoms with Crippen molar-refractivity contribution in [2.45, 2.75) is 6.18 Å². The van der Waals surface area contributed by atoms with Crippen LogP contribution in [0.1, 0.15) is 5.82 Å². The van der Waals surface area contributed by atoms with Crippen LogP contribution < -0.4 is 0 Å². The van der Waals surface area contributed by atoms with Gasteiger partial charge in [0.1, 0.15) is 0 Å². The average Bonchev–Trinajstić information content (AvgIpc) is 2.55. The smallest absolute Gasteiger partial charge is 0.296 e. The molecule has 5 heteroatoms. The summed E-state index contributed by atoms with van der Waals surface area (Å²) in [6.07, 6.45) is -3.36. The Kier molecular flexibility index (Phi) is 2.03. The van der Waals surface area contributed by atoms with E-state index in [9.17, 15) is 13.2 Å². The van der Waals surface area contributed by atoms with Gasteiger partial charge in [-0.2, -0.15) is 13.2 Å². The van der Waals surface area contributed by atoms with E-state index >= 15 is 0 Å². The van der Waals surface area contributed by atoms with Crippen molar-refractivity contribution in [2.24, 2.45) is 0 Å². The predicted molar refractivity (Wildman–Crippen MR) is 51.1 cm³/mol. The molecule has 0 saturated heterocycles. The summed E-state index contributed by atoms with van der Waals surface area (Å²) in [5.41, 5.74) is 0.713. The summed E-state index contributed by atoms with van der Waals surface area (Å²) >= 11 is 0. The van der Waals surface area contributed by atoms with Gasteiger partial charge in [0.25, 0.3) is 0 Å². The minimum atomic E-state index is -4.47. The van der Waals surface area contributed by atoms with Crippen molar-refractivity contribution in [3.05, 3.63) is 36.7 Å². The molecule has 2 aromatic rings. The fraction of sp³-hybridized carbons (Fsp3) is 0.100. The zero-order valence-corrected chi connectivity index (χ0v) is 7.62. The molecule has 0 aliphatic rings. The highest BCUT2D eigenvalue weighted by atomic mass is 19.4. The maximum atomic E-state index is 12.5. The Bertz CT molecular complexity index is 511. The van der Waals surface area contributed by atoms with Gasteiger partial charge in [0, 0.05) is 6.20 Å². The Morgan fingerprint density at radius 1 is 1.27 bits per heavy atom. The third kappa shape index (κ3) is 1.49. The predicted octanol–water partition coefficient (Wildman–Crippen LogP) is 3.16. The number of aromatic nitrogens is 2. The fourth-order valence-corrected chi connectivity index (χ4v) is 1.43. The summed E-state index contributed by atoms with van der Waals surface area (Å²) in [4.78, 5) is 3.52. The lowest BCUT2D eigenvalue weighted by molar-refractivity contribution is -0.145. The number of alkyl halides is 3. The van der Waals surface area contributed by atoms with Gasteiger partial charge in [0.05, 0.1) is 11.0 Å². The molecule has 0 unspecified atom stereocenters. The zero-order chi connectivity index (χ0) is 11.1. The highest BCUT2D eigenvalue weighted by Crippen LogP contribution is 2.31. The van der Waals surface area contributed by atoms with E-state index in [1.54, 1.807) is 18.2 Å². The van der Waals surface area contributed by atoms with Gasteiger partial charge >= 0.3 is 6.18 Å². The van der Waals surface area contributed by atoms with Crippen molar-refractivity contribution in [3.63, 3.8) is 0 Å². The average molecular weight is 212 g/mol. The molecule has 2 rings (SSSR count). The monoisotopic (exact) mass is 212 g/mol. The van der Waals surface area contributed by atoms with Gasteiger partial charge in [-0.05, 0) is 12.1 Å². The van der Waals surface area contributed by atoms with Crippen LogP contribution in [0.25, 0.3) is 17.2 Å². The molecule has 1 aromatic carbocycles. The third-order valence-electron chi connectivity index (χ3n) is 2.03.